The number of nitrogens with zero attached hydrogens (tertiary/aromatic N) is 2. The van der Waals surface area contributed by atoms with E-state index in [-0.39, 0.29) is 5.78 Å². The number of imidazole rings is 1. The third kappa shape index (κ3) is 5.62. The number of hydrogen-bond donors (Lipinski definition) is 0. The van der Waals surface area contributed by atoms with Crippen LogP contribution in [0.25, 0.3) is 22.4 Å². The highest BCUT2D eigenvalue weighted by atomic mass is 35.5. The van der Waals surface area contributed by atoms with E-state index in [0.717, 1.165) is 22.4 Å². The van der Waals surface area contributed by atoms with Crippen molar-refractivity contribution in [2.24, 2.45) is 0 Å². The molecule has 0 saturated carbocycles. The maximum absolute atomic E-state index is 12.0. The molecule has 1 heterocycles. The predicted octanol–water partition coefficient (Wildman–Crippen LogP) is 7.65. The zero-order valence-corrected chi connectivity index (χ0v) is 20.6. The van der Waals surface area contributed by atoms with Gasteiger partial charge < -0.3 is 0 Å². The number of Topliss-reactive ketones (excluding diaryl/α,β-unsaturated/α-hetero) is 1. The molecule has 3 rings (SSSR count). The number of rotatable bonds is 6. The van der Waals surface area contributed by atoms with Crippen LogP contribution in [-0.2, 0) is 0 Å². The van der Waals surface area contributed by atoms with E-state index in [9.17, 15) is 4.79 Å². The second kappa shape index (κ2) is 11.6. The fourth-order valence-corrected chi connectivity index (χ4v) is 3.98. The fraction of sp³-hybridized carbons (Fsp3) is 0.185. The first-order valence-electron chi connectivity index (χ1n) is 10.0. The number of aromatic nitrogens is 2. The molecule has 0 atom stereocenters. The largest absolute Gasteiger partial charge is 0.299 e. The Morgan fingerprint density at radius 1 is 1.06 bits per heavy atom. The maximum Gasteiger partial charge on any atom is 0.179 e. The number of benzene rings is 2. The Balaban J connectivity index is 0.00000176. The van der Waals surface area contributed by atoms with Gasteiger partial charge in [0.2, 0.25) is 0 Å². The van der Waals surface area contributed by atoms with Crippen molar-refractivity contribution >= 4 is 34.7 Å². The lowest BCUT2D eigenvalue weighted by Crippen LogP contribution is -2.02. The Labute approximate surface area is 200 Å². The molecule has 0 N–H and O–H groups in total. The van der Waals surface area contributed by atoms with Crippen molar-refractivity contribution in [1.29, 1.82) is 0 Å². The molecule has 0 spiro atoms. The van der Waals surface area contributed by atoms with Crippen molar-refractivity contribution < 1.29 is 4.79 Å². The molecule has 0 radical (unpaired) electrons. The van der Waals surface area contributed by atoms with Gasteiger partial charge in [-0.05, 0) is 68.0 Å². The summed E-state index contributed by atoms with van der Waals surface area (Å²) in [6.45, 7) is 7.33. The molecule has 5 heteroatoms. The molecular weight excluding hydrogens is 436 g/mol. The van der Waals surface area contributed by atoms with E-state index in [4.69, 9.17) is 11.6 Å². The summed E-state index contributed by atoms with van der Waals surface area (Å²) in [4.78, 5) is 17.9. The summed E-state index contributed by atoms with van der Waals surface area (Å²) in [5.74, 6) is 0.589. The number of terminal acetylenes is 1. The Morgan fingerprint density at radius 2 is 1.72 bits per heavy atom. The first-order chi connectivity index (χ1) is 15.3. The van der Waals surface area contributed by atoms with Crippen molar-refractivity contribution in [2.45, 2.75) is 32.6 Å². The molecule has 0 saturated heterocycles. The Morgan fingerprint density at radius 3 is 2.25 bits per heavy atom. The number of allylic oxidation sites excluding steroid dienone is 4. The molecular formula is C27H27ClN2OS. The molecule has 0 bridgehead atoms. The van der Waals surface area contributed by atoms with Gasteiger partial charge in [0.25, 0.3) is 0 Å². The number of hydrogen-bond acceptors (Lipinski definition) is 3. The first-order valence-corrected chi connectivity index (χ1v) is 11.6. The first kappa shape index (κ1) is 25.3. The monoisotopic (exact) mass is 462 g/mol. The highest BCUT2D eigenvalue weighted by Gasteiger charge is 2.19. The van der Waals surface area contributed by atoms with Crippen LogP contribution < -0.4 is 0 Å². The van der Waals surface area contributed by atoms with Gasteiger partial charge in [-0.2, -0.15) is 0 Å². The van der Waals surface area contributed by atoms with Gasteiger partial charge in [0.15, 0.2) is 5.78 Å². The van der Waals surface area contributed by atoms with Crippen LogP contribution in [0.5, 0.6) is 0 Å². The highest BCUT2D eigenvalue weighted by molar-refractivity contribution is 7.98. The molecule has 0 aliphatic carbocycles. The number of carbonyl (C=O) groups excluding carboxylic acids is 1. The molecule has 0 aliphatic heterocycles. The van der Waals surface area contributed by atoms with Crippen molar-refractivity contribution in [3.05, 3.63) is 82.9 Å². The Bertz CT molecular complexity index is 1180. The average Bonchev–Trinajstić information content (AvgIpc) is 3.25. The van der Waals surface area contributed by atoms with E-state index in [0.29, 0.717) is 16.6 Å². The number of thioether (sulfide) groups is 1. The summed E-state index contributed by atoms with van der Waals surface area (Å²) in [6, 6.07) is 16.7. The normalized spacial score (nSPS) is 11.9. The van der Waals surface area contributed by atoms with Crippen LogP contribution >= 0.6 is 23.4 Å². The van der Waals surface area contributed by atoms with Gasteiger partial charge >= 0.3 is 0 Å². The average molecular weight is 463 g/mol. The van der Waals surface area contributed by atoms with Gasteiger partial charge in [0.05, 0.1) is 0 Å². The minimum atomic E-state index is -0.0785. The smallest absolute Gasteiger partial charge is 0.179 e. The highest BCUT2D eigenvalue weighted by Crippen LogP contribution is 2.31. The molecule has 164 valence electrons. The van der Waals surface area contributed by atoms with Crippen LogP contribution in [0.15, 0.2) is 76.3 Å². The van der Waals surface area contributed by atoms with Crippen LogP contribution in [0.1, 0.15) is 44.0 Å². The number of ketones is 1. The summed E-state index contributed by atoms with van der Waals surface area (Å²) in [5, 5.41) is 0.637. The van der Waals surface area contributed by atoms with E-state index in [1.807, 2.05) is 43.5 Å². The van der Waals surface area contributed by atoms with Crippen molar-refractivity contribution in [1.82, 2.24) is 9.55 Å². The van der Waals surface area contributed by atoms with E-state index in [1.54, 1.807) is 18.0 Å². The second-order valence-corrected chi connectivity index (χ2v) is 8.48. The predicted molar refractivity (Wildman–Crippen MR) is 139 cm³/mol. The third-order valence-electron chi connectivity index (χ3n) is 5.01. The number of halogens is 1. The molecule has 3 aromatic rings. The molecule has 0 amide bonds. The zero-order chi connectivity index (χ0) is 23.8. The van der Waals surface area contributed by atoms with Crippen LogP contribution in [0.4, 0.5) is 0 Å². The van der Waals surface area contributed by atoms with Crippen molar-refractivity contribution in [2.75, 3.05) is 6.26 Å². The lowest BCUT2D eigenvalue weighted by Gasteiger charge is -2.13. The molecule has 32 heavy (non-hydrogen) atoms. The molecule has 3 nitrogen and oxygen atoms in total. The molecule has 2 aromatic carbocycles. The van der Waals surface area contributed by atoms with Crippen LogP contribution in [0.3, 0.4) is 0 Å². The lowest BCUT2D eigenvalue weighted by molar-refractivity contribution is 0.101. The van der Waals surface area contributed by atoms with E-state index < -0.39 is 0 Å². The van der Waals surface area contributed by atoms with Crippen LogP contribution in [0.2, 0.25) is 0 Å². The molecule has 0 unspecified atom stereocenters. The second-order valence-electron chi connectivity index (χ2n) is 7.03. The van der Waals surface area contributed by atoms with Gasteiger partial charge in [-0.3, -0.25) is 9.36 Å². The SMILES string of the molecule is C#C.C/C=C(C)\C(=C(/C)Cl)c1nc(C(C)=O)cn1-c1ccc(-c2cccc(SC)c2)cc1. The van der Waals surface area contributed by atoms with Gasteiger partial charge in [-0.1, -0.05) is 41.9 Å². The van der Waals surface area contributed by atoms with Crippen LogP contribution in [-0.4, -0.2) is 21.6 Å². The maximum atomic E-state index is 12.0. The standard InChI is InChI=1S/C25H25ClN2OS.C2H2/c1-6-16(2)24(17(3)26)25-27-23(18(4)29)15-28(25)21-12-10-19(11-13-21)20-8-7-9-22(14-20)30-5;1-2/h6-15H,1-5H3;1-2H/b16-6-,24-17-;. The summed E-state index contributed by atoms with van der Waals surface area (Å²) in [6.07, 6.45) is 13.9. The van der Waals surface area contributed by atoms with E-state index in [1.165, 1.54) is 17.4 Å². The van der Waals surface area contributed by atoms with Gasteiger partial charge in [-0.25, -0.2) is 4.98 Å². The molecule has 0 fully saturated rings. The quantitative estimate of drug-likeness (QED) is 0.163. The number of carbonyl (C=O) groups is 1. The van der Waals surface area contributed by atoms with Crippen molar-refractivity contribution in [3.8, 4) is 29.7 Å². The van der Waals surface area contributed by atoms with E-state index in [2.05, 4.69) is 60.5 Å². The molecule has 0 aliphatic rings. The Hall–Kier alpha value is -3.00. The minimum Gasteiger partial charge on any atom is -0.299 e. The van der Waals surface area contributed by atoms with Crippen LogP contribution in [0, 0.1) is 12.8 Å². The third-order valence-corrected chi connectivity index (χ3v) is 5.92. The van der Waals surface area contributed by atoms with Gasteiger partial charge in [0.1, 0.15) is 11.5 Å². The summed E-state index contributed by atoms with van der Waals surface area (Å²) >= 11 is 8.16. The minimum absolute atomic E-state index is 0.0785. The molecule has 1 aromatic heterocycles. The van der Waals surface area contributed by atoms with Gasteiger partial charge in [-0.15, -0.1) is 24.6 Å². The van der Waals surface area contributed by atoms with Crippen molar-refractivity contribution in [3.63, 3.8) is 0 Å². The lowest BCUT2D eigenvalue weighted by atomic mass is 10.0. The topological polar surface area (TPSA) is 34.9 Å². The summed E-state index contributed by atoms with van der Waals surface area (Å²) < 4.78 is 1.94. The summed E-state index contributed by atoms with van der Waals surface area (Å²) in [5.41, 5.74) is 5.50. The van der Waals surface area contributed by atoms with Gasteiger partial charge in [0, 0.05) is 34.3 Å². The zero-order valence-electron chi connectivity index (χ0n) is 19.0. The Kier molecular flexibility index (Phi) is 9.13. The van der Waals surface area contributed by atoms with E-state index >= 15 is 0 Å². The summed E-state index contributed by atoms with van der Waals surface area (Å²) in [7, 11) is 0. The fourth-order valence-electron chi connectivity index (χ4n) is 3.29.